The molecular weight excluding hydrogens is 340 g/mol. The van der Waals surface area contributed by atoms with E-state index in [0.717, 1.165) is 35.4 Å². The number of rotatable bonds is 2. The summed E-state index contributed by atoms with van der Waals surface area (Å²) >= 11 is 0. The van der Waals surface area contributed by atoms with Crippen LogP contribution in [0.4, 0.5) is 0 Å². The Hall–Kier alpha value is -4.37. The minimum absolute atomic E-state index is 0.0752. The van der Waals surface area contributed by atoms with Gasteiger partial charge in [-0.3, -0.25) is 4.79 Å². The predicted molar refractivity (Wildman–Crippen MR) is 90.0 cm³/mol. The molecule has 0 saturated carbocycles. The number of ketones is 1. The average Bonchev–Trinajstić information content (AvgIpc) is 2.65. The van der Waals surface area contributed by atoms with Crippen LogP contribution in [0.15, 0.2) is 60.7 Å². The van der Waals surface area contributed by atoms with Gasteiger partial charge in [-0.15, -0.1) is 0 Å². The van der Waals surface area contributed by atoms with Crippen molar-refractivity contribution in [1.82, 2.24) is 0 Å². The molecule has 0 aliphatic rings. The molecule has 0 spiro atoms. The number of carbonyl (C=O) groups is 1. The average molecular weight is 354 g/mol. The second-order valence-electron chi connectivity index (χ2n) is 3.47. The van der Waals surface area contributed by atoms with E-state index in [1.165, 1.54) is 0 Å². The van der Waals surface area contributed by atoms with Crippen molar-refractivity contribution in [2.75, 3.05) is 0 Å². The molecule has 9 nitrogen and oxygen atoms in total. The third-order valence-corrected chi connectivity index (χ3v) is 2.07. The minimum Gasteiger partial charge on any atom is -0.289 e. The van der Waals surface area contributed by atoms with E-state index in [0.29, 0.717) is 0 Å². The molecule has 4 N–H and O–H groups in total. The summed E-state index contributed by atoms with van der Waals surface area (Å²) in [7, 11) is 0. The Balaban J connectivity index is -0.000000367. The van der Waals surface area contributed by atoms with Crippen LogP contribution >= 0.6 is 0 Å². The van der Waals surface area contributed by atoms with Gasteiger partial charge in [0.2, 0.25) is 24.3 Å². The number of hydrogen-bond donors (Lipinski definition) is 4. The van der Waals surface area contributed by atoms with Gasteiger partial charge in [-0.05, 0) is 0 Å². The highest BCUT2D eigenvalue weighted by molar-refractivity contribution is 6.08. The molecule has 2 rings (SSSR count). The highest BCUT2D eigenvalue weighted by Crippen LogP contribution is 2.08. The Labute approximate surface area is 148 Å². The standard InChI is InChI=1S/C13H10O.4CHNO/c14-13(11-7-3-1-4-8-11)12-9-5-2-6-10-12;4*2-1-3/h1-10H;4*2H. The van der Waals surface area contributed by atoms with Crippen molar-refractivity contribution >= 4 is 30.1 Å². The van der Waals surface area contributed by atoms with Crippen LogP contribution in [0.3, 0.4) is 0 Å². The van der Waals surface area contributed by atoms with Gasteiger partial charge in [-0.25, -0.2) is 40.8 Å². The van der Waals surface area contributed by atoms with Crippen molar-refractivity contribution in [2.45, 2.75) is 0 Å². The summed E-state index contributed by atoms with van der Waals surface area (Å²) in [5, 5.41) is 21.6. The first kappa shape index (κ1) is 26.5. The second-order valence-corrected chi connectivity index (χ2v) is 3.47. The Morgan fingerprint density at radius 2 is 0.731 bits per heavy atom. The molecule has 0 radical (unpaired) electrons. The van der Waals surface area contributed by atoms with Gasteiger partial charge in [-0.1, -0.05) is 60.7 Å². The lowest BCUT2D eigenvalue weighted by Crippen LogP contribution is -1.99. The summed E-state index contributed by atoms with van der Waals surface area (Å²) in [6.07, 6.45) is 3.00. The number of carbonyl (C=O) groups excluding carboxylic acids is 5. The molecule has 0 heterocycles. The molecule has 0 aromatic heterocycles. The predicted octanol–water partition coefficient (Wildman–Crippen LogP) is 2.52. The number of isocyanates is 4. The first-order valence-corrected chi connectivity index (χ1v) is 6.34. The van der Waals surface area contributed by atoms with E-state index in [2.05, 4.69) is 0 Å². The lowest BCUT2D eigenvalue weighted by Gasteiger charge is -1.99. The van der Waals surface area contributed by atoms with Gasteiger partial charge in [0.25, 0.3) is 0 Å². The molecule has 0 bridgehead atoms. The molecule has 0 atom stereocenters. The van der Waals surface area contributed by atoms with Gasteiger partial charge < -0.3 is 0 Å². The smallest absolute Gasteiger partial charge is 0.231 e. The second kappa shape index (κ2) is 22.9. The van der Waals surface area contributed by atoms with Crippen LogP contribution in [0.5, 0.6) is 0 Å². The van der Waals surface area contributed by atoms with Gasteiger partial charge in [0.05, 0.1) is 0 Å². The minimum atomic E-state index is 0.0752. The molecular formula is C17H14N4O5. The summed E-state index contributed by atoms with van der Waals surface area (Å²) in [6, 6.07) is 18.6. The zero-order valence-corrected chi connectivity index (χ0v) is 13.3. The van der Waals surface area contributed by atoms with Crippen molar-refractivity contribution in [1.29, 1.82) is 21.6 Å². The fourth-order valence-corrected chi connectivity index (χ4v) is 1.35. The van der Waals surface area contributed by atoms with Crippen molar-refractivity contribution in [2.24, 2.45) is 0 Å². The first-order valence-electron chi connectivity index (χ1n) is 6.34. The van der Waals surface area contributed by atoms with Crippen LogP contribution in [0.2, 0.25) is 0 Å². The molecule has 0 aliphatic carbocycles. The maximum absolute atomic E-state index is 11.8. The number of benzene rings is 2. The highest BCUT2D eigenvalue weighted by Gasteiger charge is 2.06. The molecule has 26 heavy (non-hydrogen) atoms. The summed E-state index contributed by atoms with van der Waals surface area (Å²) in [5.41, 5.74) is 1.47. The van der Waals surface area contributed by atoms with Gasteiger partial charge >= 0.3 is 0 Å². The Morgan fingerprint density at radius 1 is 0.538 bits per heavy atom. The molecule has 2 aromatic rings. The van der Waals surface area contributed by atoms with Gasteiger partial charge in [0, 0.05) is 11.1 Å². The van der Waals surface area contributed by atoms with E-state index < -0.39 is 0 Å². The normalized spacial score (nSPS) is 6.46. The zero-order chi connectivity index (χ0) is 20.6. The maximum Gasteiger partial charge on any atom is 0.231 e. The third kappa shape index (κ3) is 17.7. The van der Waals surface area contributed by atoms with Gasteiger partial charge in [0.1, 0.15) is 0 Å². The van der Waals surface area contributed by atoms with Crippen LogP contribution in [-0.2, 0) is 19.2 Å². The van der Waals surface area contributed by atoms with Crippen LogP contribution in [0, 0.1) is 21.6 Å². The quantitative estimate of drug-likeness (QED) is 0.366. The summed E-state index contributed by atoms with van der Waals surface area (Å²) in [4.78, 5) is 45.2. The molecule has 9 heteroatoms. The molecule has 0 fully saturated rings. The van der Waals surface area contributed by atoms with E-state index in [9.17, 15) is 4.79 Å². The Bertz CT molecular complexity index is 663. The Kier molecular flexibility index (Phi) is 23.4. The van der Waals surface area contributed by atoms with Crippen molar-refractivity contribution in [3.63, 3.8) is 0 Å². The SMILES string of the molecule is N=C=O.N=C=O.N=C=O.N=C=O.O=C(c1ccccc1)c1ccccc1. The number of nitrogens with one attached hydrogen (secondary N) is 4. The maximum atomic E-state index is 11.8. The van der Waals surface area contributed by atoms with E-state index >= 15 is 0 Å². The zero-order valence-electron chi connectivity index (χ0n) is 13.3. The van der Waals surface area contributed by atoms with E-state index in [1.807, 2.05) is 60.7 Å². The molecule has 0 saturated heterocycles. The van der Waals surface area contributed by atoms with Crippen molar-refractivity contribution < 1.29 is 24.0 Å². The topological polar surface area (TPSA) is 181 Å². The molecule has 0 unspecified atom stereocenters. The molecule has 2 aromatic carbocycles. The van der Waals surface area contributed by atoms with E-state index in [-0.39, 0.29) is 5.78 Å². The van der Waals surface area contributed by atoms with Crippen molar-refractivity contribution in [3.8, 4) is 0 Å². The molecule has 0 aliphatic heterocycles. The van der Waals surface area contributed by atoms with Crippen LogP contribution in [-0.4, -0.2) is 30.1 Å². The molecule has 0 amide bonds. The lowest BCUT2D eigenvalue weighted by atomic mass is 10.0. The lowest BCUT2D eigenvalue weighted by molar-refractivity contribution is 0.103. The Morgan fingerprint density at radius 3 is 0.923 bits per heavy atom. The van der Waals surface area contributed by atoms with Crippen LogP contribution in [0.25, 0.3) is 0 Å². The van der Waals surface area contributed by atoms with E-state index in [4.69, 9.17) is 40.8 Å². The van der Waals surface area contributed by atoms with Gasteiger partial charge in [-0.2, -0.15) is 0 Å². The fourth-order valence-electron chi connectivity index (χ4n) is 1.35. The summed E-state index contributed by atoms with van der Waals surface area (Å²) < 4.78 is 0. The van der Waals surface area contributed by atoms with Crippen LogP contribution < -0.4 is 0 Å². The van der Waals surface area contributed by atoms with Crippen molar-refractivity contribution in [3.05, 3.63) is 71.8 Å². The van der Waals surface area contributed by atoms with Crippen LogP contribution in [0.1, 0.15) is 15.9 Å². The monoisotopic (exact) mass is 354 g/mol. The summed E-state index contributed by atoms with van der Waals surface area (Å²) in [6.45, 7) is 0. The summed E-state index contributed by atoms with van der Waals surface area (Å²) in [5.74, 6) is 0.0752. The first-order chi connectivity index (χ1) is 12.5. The number of hydrogen-bond acceptors (Lipinski definition) is 9. The van der Waals surface area contributed by atoms with E-state index in [1.54, 1.807) is 0 Å². The highest BCUT2D eigenvalue weighted by atomic mass is 16.1. The van der Waals surface area contributed by atoms with Gasteiger partial charge in [0.15, 0.2) is 5.78 Å². The largest absolute Gasteiger partial charge is 0.289 e. The molecule has 132 valence electrons. The third-order valence-electron chi connectivity index (χ3n) is 2.07. The fraction of sp³-hybridized carbons (Fsp3) is 0.